The van der Waals surface area contributed by atoms with Crippen LogP contribution in [-0.2, 0) is 4.74 Å². The van der Waals surface area contributed by atoms with Gasteiger partial charge < -0.3 is 19.3 Å². The largest absolute Gasteiger partial charge is 0.491 e. The van der Waals surface area contributed by atoms with Crippen molar-refractivity contribution in [1.82, 2.24) is 0 Å². The van der Waals surface area contributed by atoms with E-state index in [4.69, 9.17) is 15.0 Å². The fourth-order valence-corrected chi connectivity index (χ4v) is 3.44. The van der Waals surface area contributed by atoms with Gasteiger partial charge in [-0.3, -0.25) is 0 Å². The zero-order valence-electron chi connectivity index (χ0n) is 15.8. The molecule has 0 radical (unpaired) electrons. The highest BCUT2D eigenvalue weighted by atomic mass is 16.5. The predicted octanol–water partition coefficient (Wildman–Crippen LogP) is 4.18. The Kier molecular flexibility index (Phi) is 6.79. The molecular weight excluding hydrogens is 318 g/mol. The van der Waals surface area contributed by atoms with Crippen molar-refractivity contribution in [1.29, 1.82) is 0 Å². The summed E-state index contributed by atoms with van der Waals surface area (Å²) in [6.45, 7) is 12.8. The van der Waals surface area contributed by atoms with E-state index in [2.05, 4.69) is 66.6 Å². The maximum atomic E-state index is 8.20. The van der Waals surface area contributed by atoms with Crippen LogP contribution < -0.4 is 14.5 Å². The number of ether oxygens (including phenoxy) is 2. The molecule has 0 bridgehead atoms. The molecule has 0 saturated heterocycles. The Labute approximate surface area is 150 Å². The van der Waals surface area contributed by atoms with Gasteiger partial charge in [0.15, 0.2) is 0 Å². The number of hydrogen-bond acceptors (Lipinski definition) is 5. The van der Waals surface area contributed by atoms with E-state index in [1.165, 1.54) is 11.4 Å². The van der Waals surface area contributed by atoms with Gasteiger partial charge in [0.25, 0.3) is 0 Å². The average Bonchev–Trinajstić information content (AvgIpc) is 2.85. The Morgan fingerprint density at radius 3 is 2.40 bits per heavy atom. The summed E-state index contributed by atoms with van der Waals surface area (Å²) in [6.07, 6.45) is 0.328. The van der Waals surface area contributed by atoms with Gasteiger partial charge >= 0.3 is 0 Å². The number of nitrogens with zero attached hydrogens (tertiary/aromatic N) is 5. The van der Waals surface area contributed by atoms with Crippen molar-refractivity contribution in [3.8, 4) is 5.75 Å². The number of fused-ring (bicyclic) bond motifs is 1. The minimum atomic E-state index is 0.328. The van der Waals surface area contributed by atoms with E-state index in [1.54, 1.807) is 0 Å². The Morgan fingerprint density at radius 1 is 1.08 bits per heavy atom. The predicted molar refractivity (Wildman–Crippen MR) is 101 cm³/mol. The van der Waals surface area contributed by atoms with Gasteiger partial charge in [-0.05, 0) is 52.3 Å². The third kappa shape index (κ3) is 4.50. The van der Waals surface area contributed by atoms with Crippen molar-refractivity contribution in [2.24, 2.45) is 5.11 Å². The molecular formula is C18H29N5O2. The summed E-state index contributed by atoms with van der Waals surface area (Å²) in [4.78, 5) is 7.56. The average molecular weight is 347 g/mol. The molecule has 1 aromatic carbocycles. The molecule has 1 aliphatic rings. The van der Waals surface area contributed by atoms with E-state index in [0.29, 0.717) is 44.6 Å². The first-order valence-electron chi connectivity index (χ1n) is 8.89. The zero-order valence-corrected chi connectivity index (χ0v) is 15.8. The highest BCUT2D eigenvalue weighted by Gasteiger charge is 2.35. The Morgan fingerprint density at radius 2 is 1.76 bits per heavy atom. The van der Waals surface area contributed by atoms with Crippen molar-refractivity contribution in [2.75, 3.05) is 36.2 Å². The summed E-state index contributed by atoms with van der Waals surface area (Å²) < 4.78 is 11.2. The van der Waals surface area contributed by atoms with Crippen LogP contribution in [0.2, 0.25) is 0 Å². The first-order valence-corrected chi connectivity index (χ1v) is 8.89. The van der Waals surface area contributed by atoms with E-state index in [0.717, 1.165) is 5.75 Å². The molecule has 0 fully saturated rings. The molecule has 0 saturated carbocycles. The van der Waals surface area contributed by atoms with Crippen molar-refractivity contribution in [3.63, 3.8) is 0 Å². The monoisotopic (exact) mass is 347 g/mol. The van der Waals surface area contributed by atoms with Gasteiger partial charge in [-0.1, -0.05) is 5.11 Å². The molecule has 1 atom stereocenters. The van der Waals surface area contributed by atoms with Crippen LogP contribution in [0.5, 0.6) is 5.75 Å². The quantitative estimate of drug-likeness (QED) is 0.291. The van der Waals surface area contributed by atoms with Gasteiger partial charge in [-0.2, -0.15) is 0 Å². The summed E-state index contributed by atoms with van der Waals surface area (Å²) in [5.74, 6) is 0.848. The van der Waals surface area contributed by atoms with Gasteiger partial charge in [0.1, 0.15) is 12.4 Å². The lowest BCUT2D eigenvalue weighted by Crippen LogP contribution is -2.47. The maximum Gasteiger partial charge on any atom is 0.121 e. The molecule has 1 heterocycles. The number of azide groups is 1. The first kappa shape index (κ1) is 19.2. The second kappa shape index (κ2) is 8.83. The van der Waals surface area contributed by atoms with Crippen LogP contribution >= 0.6 is 0 Å². The molecule has 1 aliphatic heterocycles. The van der Waals surface area contributed by atoms with E-state index in [1.807, 2.05) is 6.07 Å². The summed E-state index contributed by atoms with van der Waals surface area (Å²) >= 11 is 0. The van der Waals surface area contributed by atoms with Crippen LogP contribution in [0.25, 0.3) is 10.4 Å². The SMILES string of the molecule is CC(C)N1c2ccc(OCCOCCN=[N+]=[N-])cc2N(C(C)C)C1C. The number of anilines is 2. The van der Waals surface area contributed by atoms with Crippen LogP contribution in [0.15, 0.2) is 23.3 Å². The molecule has 1 aromatic rings. The minimum Gasteiger partial charge on any atom is -0.491 e. The van der Waals surface area contributed by atoms with Gasteiger partial charge in [-0.25, -0.2) is 0 Å². The normalized spacial score (nSPS) is 16.4. The lowest BCUT2D eigenvalue weighted by molar-refractivity contribution is 0.106. The lowest BCUT2D eigenvalue weighted by Gasteiger charge is -2.35. The summed E-state index contributed by atoms with van der Waals surface area (Å²) in [5, 5.41) is 3.42. The van der Waals surface area contributed by atoms with E-state index >= 15 is 0 Å². The number of rotatable bonds is 9. The van der Waals surface area contributed by atoms with Gasteiger partial charge in [0.05, 0.1) is 30.8 Å². The van der Waals surface area contributed by atoms with Crippen molar-refractivity contribution in [2.45, 2.75) is 52.9 Å². The highest BCUT2D eigenvalue weighted by molar-refractivity contribution is 5.79. The van der Waals surface area contributed by atoms with Gasteiger partial charge in [0.2, 0.25) is 0 Å². The Hall–Kier alpha value is -2.11. The third-order valence-corrected chi connectivity index (χ3v) is 4.32. The summed E-state index contributed by atoms with van der Waals surface area (Å²) in [6, 6.07) is 7.14. The fraction of sp³-hybridized carbons (Fsp3) is 0.667. The van der Waals surface area contributed by atoms with E-state index < -0.39 is 0 Å². The van der Waals surface area contributed by atoms with Gasteiger partial charge in [0, 0.05) is 29.6 Å². The zero-order chi connectivity index (χ0) is 18.4. The number of benzene rings is 1. The topological polar surface area (TPSA) is 73.7 Å². The van der Waals surface area contributed by atoms with Crippen LogP contribution in [0.1, 0.15) is 34.6 Å². The molecule has 138 valence electrons. The lowest BCUT2D eigenvalue weighted by atomic mass is 10.2. The van der Waals surface area contributed by atoms with Crippen LogP contribution in [0.4, 0.5) is 11.4 Å². The third-order valence-electron chi connectivity index (χ3n) is 4.32. The summed E-state index contributed by atoms with van der Waals surface area (Å²) in [5.41, 5.74) is 10.7. The molecule has 0 aromatic heterocycles. The Bertz CT molecular complexity index is 613. The van der Waals surface area contributed by atoms with Crippen molar-refractivity contribution < 1.29 is 9.47 Å². The highest BCUT2D eigenvalue weighted by Crippen LogP contribution is 2.43. The van der Waals surface area contributed by atoms with Crippen LogP contribution in [0.3, 0.4) is 0 Å². The number of hydrogen-bond donors (Lipinski definition) is 0. The summed E-state index contributed by atoms with van der Waals surface area (Å²) in [7, 11) is 0. The fourth-order valence-electron chi connectivity index (χ4n) is 3.44. The molecule has 25 heavy (non-hydrogen) atoms. The van der Waals surface area contributed by atoms with E-state index in [-0.39, 0.29) is 0 Å². The molecule has 7 nitrogen and oxygen atoms in total. The molecule has 7 heteroatoms. The molecule has 2 rings (SSSR count). The molecule has 1 unspecified atom stereocenters. The van der Waals surface area contributed by atoms with Crippen molar-refractivity contribution in [3.05, 3.63) is 28.6 Å². The Balaban J connectivity index is 2.01. The maximum absolute atomic E-state index is 8.20. The van der Waals surface area contributed by atoms with Crippen molar-refractivity contribution >= 4 is 11.4 Å². The first-order chi connectivity index (χ1) is 12.0. The molecule has 0 N–H and O–H groups in total. The van der Waals surface area contributed by atoms with E-state index in [9.17, 15) is 0 Å². The second-order valence-corrected chi connectivity index (χ2v) is 6.70. The minimum absolute atomic E-state index is 0.328. The molecule has 0 amide bonds. The molecule has 0 aliphatic carbocycles. The standard InChI is InChI=1S/C18H29N5O2/c1-13(2)22-15(5)23(14(3)4)18-12-16(6-7-17(18)22)25-11-10-24-9-8-20-21-19/h6-7,12-15H,8-11H2,1-5H3. The van der Waals surface area contributed by atoms with Crippen LogP contribution in [-0.4, -0.2) is 44.6 Å². The van der Waals surface area contributed by atoms with Crippen LogP contribution in [0, 0.1) is 0 Å². The second-order valence-electron chi connectivity index (χ2n) is 6.70. The van der Waals surface area contributed by atoms with Gasteiger partial charge in [-0.15, -0.1) is 0 Å². The smallest absolute Gasteiger partial charge is 0.121 e. The molecule has 0 spiro atoms.